The first-order valence-electron chi connectivity index (χ1n) is 4.89. The number of nitrogens with one attached hydrogen (secondary N) is 1. The molecule has 2 amide bonds. The van der Waals surface area contributed by atoms with E-state index >= 15 is 0 Å². The molecule has 0 aliphatic rings. The van der Waals surface area contributed by atoms with Crippen LogP contribution in [0.5, 0.6) is 0 Å². The standard InChI is InChI=1S/C9H13N5O3/c1-6(7(15)16)5-14(2)9(17)12-8-10-3-4-11-13-8/h3-4,6H,5H2,1-2H3,(H,15,16)(H,10,12,13,17). The Labute approximate surface area is 97.7 Å². The van der Waals surface area contributed by atoms with Crippen LogP contribution >= 0.6 is 0 Å². The number of carbonyl (C=O) groups excluding carboxylic acids is 1. The van der Waals surface area contributed by atoms with Crippen molar-refractivity contribution < 1.29 is 14.7 Å². The number of nitrogens with zero attached hydrogens (tertiary/aromatic N) is 4. The molecule has 0 radical (unpaired) electrons. The molecule has 92 valence electrons. The van der Waals surface area contributed by atoms with Gasteiger partial charge in [-0.1, -0.05) is 6.92 Å². The maximum Gasteiger partial charge on any atom is 0.324 e. The molecular weight excluding hydrogens is 226 g/mol. The molecule has 0 bridgehead atoms. The van der Waals surface area contributed by atoms with Crippen molar-refractivity contribution in [2.75, 3.05) is 18.9 Å². The Kier molecular flexibility index (Phi) is 4.32. The largest absolute Gasteiger partial charge is 0.481 e. The Bertz CT molecular complexity index is 397. The number of anilines is 1. The highest BCUT2D eigenvalue weighted by atomic mass is 16.4. The van der Waals surface area contributed by atoms with Crippen molar-refractivity contribution in [2.45, 2.75) is 6.92 Å². The molecule has 1 heterocycles. The van der Waals surface area contributed by atoms with Crippen LogP contribution in [0.4, 0.5) is 10.7 Å². The number of carbonyl (C=O) groups is 2. The number of rotatable bonds is 4. The van der Waals surface area contributed by atoms with Crippen molar-refractivity contribution >= 4 is 17.9 Å². The second kappa shape index (κ2) is 5.73. The molecule has 8 nitrogen and oxygen atoms in total. The van der Waals surface area contributed by atoms with Crippen molar-refractivity contribution in [3.05, 3.63) is 12.4 Å². The fourth-order valence-corrected chi connectivity index (χ4v) is 1.07. The second-order valence-electron chi connectivity index (χ2n) is 3.52. The molecule has 0 aromatic carbocycles. The van der Waals surface area contributed by atoms with Crippen LogP contribution in [0.3, 0.4) is 0 Å². The van der Waals surface area contributed by atoms with Crippen molar-refractivity contribution in [3.63, 3.8) is 0 Å². The van der Waals surface area contributed by atoms with Gasteiger partial charge in [-0.05, 0) is 0 Å². The topological polar surface area (TPSA) is 108 Å². The van der Waals surface area contributed by atoms with Crippen LogP contribution in [0.25, 0.3) is 0 Å². The Morgan fingerprint density at radius 1 is 1.53 bits per heavy atom. The lowest BCUT2D eigenvalue weighted by atomic mass is 10.2. The van der Waals surface area contributed by atoms with Gasteiger partial charge in [-0.25, -0.2) is 9.78 Å². The predicted molar refractivity (Wildman–Crippen MR) is 58.3 cm³/mol. The SMILES string of the molecule is CC(CN(C)C(=O)Nc1nccnn1)C(=O)O. The van der Waals surface area contributed by atoms with Gasteiger partial charge in [-0.2, -0.15) is 5.10 Å². The minimum Gasteiger partial charge on any atom is -0.481 e. The molecule has 2 N–H and O–H groups in total. The summed E-state index contributed by atoms with van der Waals surface area (Å²) in [6.45, 7) is 1.62. The summed E-state index contributed by atoms with van der Waals surface area (Å²) >= 11 is 0. The van der Waals surface area contributed by atoms with E-state index in [2.05, 4.69) is 20.5 Å². The Balaban J connectivity index is 2.50. The Hall–Kier alpha value is -2.25. The summed E-state index contributed by atoms with van der Waals surface area (Å²) < 4.78 is 0. The Morgan fingerprint density at radius 2 is 2.24 bits per heavy atom. The zero-order valence-corrected chi connectivity index (χ0v) is 9.49. The molecule has 17 heavy (non-hydrogen) atoms. The van der Waals surface area contributed by atoms with Gasteiger partial charge in [0.15, 0.2) is 0 Å². The third-order valence-electron chi connectivity index (χ3n) is 2.02. The van der Waals surface area contributed by atoms with Crippen molar-refractivity contribution in [3.8, 4) is 0 Å². The molecule has 1 unspecified atom stereocenters. The van der Waals surface area contributed by atoms with Crippen LogP contribution in [-0.2, 0) is 4.79 Å². The van der Waals surface area contributed by atoms with E-state index < -0.39 is 17.9 Å². The van der Waals surface area contributed by atoms with E-state index in [1.165, 1.54) is 31.3 Å². The molecule has 0 aliphatic heterocycles. The number of hydrogen-bond donors (Lipinski definition) is 2. The lowest BCUT2D eigenvalue weighted by Crippen LogP contribution is -2.37. The van der Waals surface area contributed by atoms with E-state index in [4.69, 9.17) is 5.11 Å². The third kappa shape index (κ3) is 4.01. The quantitative estimate of drug-likeness (QED) is 0.768. The molecule has 8 heteroatoms. The summed E-state index contributed by atoms with van der Waals surface area (Å²) in [6.07, 6.45) is 2.77. The monoisotopic (exact) mass is 239 g/mol. The molecule has 0 spiro atoms. The Morgan fingerprint density at radius 3 is 2.76 bits per heavy atom. The smallest absolute Gasteiger partial charge is 0.324 e. The van der Waals surface area contributed by atoms with E-state index in [1.807, 2.05) is 0 Å². The fourth-order valence-electron chi connectivity index (χ4n) is 1.07. The first-order valence-corrected chi connectivity index (χ1v) is 4.89. The summed E-state index contributed by atoms with van der Waals surface area (Å²) in [5.41, 5.74) is 0. The van der Waals surface area contributed by atoms with E-state index in [0.717, 1.165) is 0 Å². The zero-order valence-electron chi connectivity index (χ0n) is 9.49. The fraction of sp³-hybridized carbons (Fsp3) is 0.444. The van der Waals surface area contributed by atoms with Gasteiger partial charge in [-0.3, -0.25) is 10.1 Å². The first-order chi connectivity index (χ1) is 8.00. The molecule has 1 aromatic rings. The summed E-state index contributed by atoms with van der Waals surface area (Å²) in [5.74, 6) is -1.52. The molecule has 0 saturated carbocycles. The highest BCUT2D eigenvalue weighted by Gasteiger charge is 2.17. The third-order valence-corrected chi connectivity index (χ3v) is 2.02. The van der Waals surface area contributed by atoms with Gasteiger partial charge in [0.05, 0.1) is 18.3 Å². The average molecular weight is 239 g/mol. The maximum absolute atomic E-state index is 11.6. The van der Waals surface area contributed by atoms with Gasteiger partial charge < -0.3 is 10.0 Å². The second-order valence-corrected chi connectivity index (χ2v) is 3.52. The predicted octanol–water partition coefficient (Wildman–Crippen LogP) is 0.0560. The average Bonchev–Trinajstić information content (AvgIpc) is 2.29. The summed E-state index contributed by atoms with van der Waals surface area (Å²) in [7, 11) is 1.49. The van der Waals surface area contributed by atoms with Crippen LogP contribution in [0.1, 0.15) is 6.92 Å². The molecular formula is C9H13N5O3. The summed E-state index contributed by atoms with van der Waals surface area (Å²) in [4.78, 5) is 27.2. The van der Waals surface area contributed by atoms with Crippen LogP contribution in [0.15, 0.2) is 12.4 Å². The number of carboxylic acids is 1. The number of aliphatic carboxylic acids is 1. The van der Waals surface area contributed by atoms with Crippen molar-refractivity contribution in [1.29, 1.82) is 0 Å². The number of carboxylic acid groups (broad SMARTS) is 1. The van der Waals surface area contributed by atoms with Gasteiger partial charge in [0.25, 0.3) is 5.95 Å². The molecule has 1 rings (SSSR count). The molecule has 1 atom stereocenters. The normalized spacial score (nSPS) is 11.6. The minimum atomic E-state index is -0.956. The van der Waals surface area contributed by atoms with Crippen LogP contribution in [0, 0.1) is 5.92 Å². The minimum absolute atomic E-state index is 0.0762. The lowest BCUT2D eigenvalue weighted by molar-refractivity contribution is -0.141. The van der Waals surface area contributed by atoms with Gasteiger partial charge in [-0.15, -0.1) is 5.10 Å². The number of amides is 2. The number of hydrogen-bond acceptors (Lipinski definition) is 5. The van der Waals surface area contributed by atoms with Crippen molar-refractivity contribution in [2.24, 2.45) is 5.92 Å². The molecule has 0 aliphatic carbocycles. The first kappa shape index (κ1) is 12.8. The van der Waals surface area contributed by atoms with Crippen LogP contribution in [-0.4, -0.2) is 50.8 Å². The highest BCUT2D eigenvalue weighted by molar-refractivity contribution is 5.87. The van der Waals surface area contributed by atoms with Gasteiger partial charge >= 0.3 is 12.0 Å². The summed E-state index contributed by atoms with van der Waals surface area (Å²) in [6, 6.07) is -0.480. The number of aromatic nitrogens is 3. The van der Waals surface area contributed by atoms with Gasteiger partial charge in [0, 0.05) is 13.6 Å². The van der Waals surface area contributed by atoms with Gasteiger partial charge in [0.1, 0.15) is 0 Å². The zero-order chi connectivity index (χ0) is 12.8. The summed E-state index contributed by atoms with van der Waals surface area (Å²) in [5, 5.41) is 18.2. The van der Waals surface area contributed by atoms with E-state index in [0.29, 0.717) is 0 Å². The molecule has 0 saturated heterocycles. The van der Waals surface area contributed by atoms with Gasteiger partial charge in [0.2, 0.25) is 0 Å². The molecule has 0 fully saturated rings. The van der Waals surface area contributed by atoms with Crippen LogP contribution < -0.4 is 5.32 Å². The molecule has 1 aromatic heterocycles. The highest BCUT2D eigenvalue weighted by Crippen LogP contribution is 2.01. The van der Waals surface area contributed by atoms with E-state index in [1.54, 1.807) is 0 Å². The maximum atomic E-state index is 11.6. The van der Waals surface area contributed by atoms with Crippen LogP contribution in [0.2, 0.25) is 0 Å². The van der Waals surface area contributed by atoms with Crippen molar-refractivity contribution in [1.82, 2.24) is 20.1 Å². The lowest BCUT2D eigenvalue weighted by Gasteiger charge is -2.19. The number of urea groups is 1. The van der Waals surface area contributed by atoms with E-state index in [9.17, 15) is 9.59 Å². The van der Waals surface area contributed by atoms with E-state index in [-0.39, 0.29) is 12.5 Å².